The number of thiocarbonyl (C=S) groups is 1. The van der Waals surface area contributed by atoms with E-state index in [-0.39, 0.29) is 10.9 Å². The van der Waals surface area contributed by atoms with Crippen molar-refractivity contribution >= 4 is 46.2 Å². The molecule has 1 saturated heterocycles. The monoisotopic (exact) mass is 377 g/mol. The fourth-order valence-electron chi connectivity index (χ4n) is 2.83. The topological polar surface area (TPSA) is 57.5 Å². The quantitative estimate of drug-likeness (QED) is 0.781. The second-order valence-electron chi connectivity index (χ2n) is 6.22. The number of carbonyl (C=O) groups excluding carboxylic acids is 1. The number of nitrogens with zero attached hydrogens (tertiary/aromatic N) is 1. The van der Waals surface area contributed by atoms with Crippen LogP contribution in [0.25, 0.3) is 0 Å². The molecule has 7 heteroatoms. The first-order chi connectivity index (χ1) is 12.0. The third-order valence-electron chi connectivity index (χ3n) is 4.30. The van der Waals surface area contributed by atoms with Crippen molar-refractivity contribution in [3.05, 3.63) is 47.4 Å². The lowest BCUT2D eigenvalue weighted by atomic mass is 9.99. The van der Waals surface area contributed by atoms with E-state index < -0.39 is 5.91 Å². The SMILES string of the molecule is CC1CCN(c2ccc(NC(=S)NC(=O)c3ccco3)cc2Cl)CC1. The first-order valence-electron chi connectivity index (χ1n) is 8.23. The number of anilines is 2. The van der Waals surface area contributed by atoms with Gasteiger partial charge < -0.3 is 14.6 Å². The van der Waals surface area contributed by atoms with Gasteiger partial charge in [-0.1, -0.05) is 18.5 Å². The van der Waals surface area contributed by atoms with Crippen LogP contribution in [0.1, 0.15) is 30.3 Å². The van der Waals surface area contributed by atoms with Crippen molar-refractivity contribution in [1.29, 1.82) is 0 Å². The number of furan rings is 1. The Bertz CT molecular complexity index is 756. The molecule has 1 amide bonds. The smallest absolute Gasteiger partial charge is 0.293 e. The molecule has 3 rings (SSSR count). The van der Waals surface area contributed by atoms with Crippen LogP contribution in [0.2, 0.25) is 5.02 Å². The van der Waals surface area contributed by atoms with Gasteiger partial charge in [0.15, 0.2) is 10.9 Å². The summed E-state index contributed by atoms with van der Waals surface area (Å²) in [6.45, 7) is 4.32. The standard InChI is InChI=1S/C18H20ClN3O2S/c1-12-6-8-22(9-7-12)15-5-4-13(11-14(15)19)20-18(25)21-17(23)16-3-2-10-24-16/h2-5,10-12H,6-9H2,1H3,(H2,20,21,23,25). The Kier molecular flexibility index (Phi) is 5.60. The molecule has 5 nitrogen and oxygen atoms in total. The molecule has 132 valence electrons. The molecule has 1 aromatic heterocycles. The number of halogens is 1. The number of benzene rings is 1. The van der Waals surface area contributed by atoms with E-state index in [0.717, 1.165) is 30.4 Å². The summed E-state index contributed by atoms with van der Waals surface area (Å²) in [5.74, 6) is 0.579. The summed E-state index contributed by atoms with van der Waals surface area (Å²) in [4.78, 5) is 14.2. The van der Waals surface area contributed by atoms with Gasteiger partial charge in [0.25, 0.3) is 5.91 Å². The second-order valence-corrected chi connectivity index (χ2v) is 7.04. The van der Waals surface area contributed by atoms with Gasteiger partial charge in [0.2, 0.25) is 0 Å². The lowest BCUT2D eigenvalue weighted by Crippen LogP contribution is -2.34. The van der Waals surface area contributed by atoms with Crippen molar-refractivity contribution in [2.75, 3.05) is 23.3 Å². The minimum Gasteiger partial charge on any atom is -0.459 e. The Morgan fingerprint density at radius 2 is 2.08 bits per heavy atom. The van der Waals surface area contributed by atoms with Crippen molar-refractivity contribution in [2.24, 2.45) is 5.92 Å². The molecule has 0 spiro atoms. The van der Waals surface area contributed by atoms with Crippen LogP contribution in [-0.4, -0.2) is 24.1 Å². The number of nitrogens with one attached hydrogen (secondary N) is 2. The maximum atomic E-state index is 11.9. The van der Waals surface area contributed by atoms with Gasteiger partial charge in [-0.25, -0.2) is 0 Å². The molecule has 2 aromatic rings. The summed E-state index contributed by atoms with van der Waals surface area (Å²) in [6, 6.07) is 8.93. The molecule has 1 aliphatic rings. The third-order valence-corrected chi connectivity index (χ3v) is 4.81. The fraction of sp³-hybridized carbons (Fsp3) is 0.333. The molecule has 0 radical (unpaired) electrons. The van der Waals surface area contributed by atoms with E-state index in [9.17, 15) is 4.79 Å². The summed E-state index contributed by atoms with van der Waals surface area (Å²) in [5, 5.41) is 6.39. The molecule has 0 saturated carbocycles. The average molecular weight is 378 g/mol. The first-order valence-corrected chi connectivity index (χ1v) is 9.02. The van der Waals surface area contributed by atoms with E-state index in [4.69, 9.17) is 28.2 Å². The molecular weight excluding hydrogens is 358 g/mol. The number of hydrogen-bond donors (Lipinski definition) is 2. The van der Waals surface area contributed by atoms with E-state index in [1.165, 1.54) is 19.1 Å². The van der Waals surface area contributed by atoms with Gasteiger partial charge >= 0.3 is 0 Å². The Balaban J connectivity index is 1.60. The second kappa shape index (κ2) is 7.89. The van der Waals surface area contributed by atoms with Crippen LogP contribution >= 0.6 is 23.8 Å². The Labute approximate surface area is 157 Å². The maximum absolute atomic E-state index is 11.9. The van der Waals surface area contributed by atoms with Gasteiger partial charge in [-0.3, -0.25) is 10.1 Å². The predicted molar refractivity (Wildman–Crippen MR) is 104 cm³/mol. The number of amides is 1. The molecule has 0 atom stereocenters. The molecular formula is C18H20ClN3O2S. The number of carbonyl (C=O) groups is 1. The van der Waals surface area contributed by atoms with Gasteiger partial charge in [-0.2, -0.15) is 0 Å². The summed E-state index contributed by atoms with van der Waals surface area (Å²) >= 11 is 11.6. The molecule has 1 aromatic carbocycles. The van der Waals surface area contributed by atoms with Gasteiger partial charge in [0.1, 0.15) is 0 Å². The van der Waals surface area contributed by atoms with E-state index >= 15 is 0 Å². The van der Waals surface area contributed by atoms with Crippen LogP contribution in [0.5, 0.6) is 0 Å². The fourth-order valence-corrected chi connectivity index (χ4v) is 3.34. The van der Waals surface area contributed by atoms with Crippen molar-refractivity contribution < 1.29 is 9.21 Å². The van der Waals surface area contributed by atoms with Crippen LogP contribution in [0, 0.1) is 5.92 Å². The van der Waals surface area contributed by atoms with E-state index in [1.54, 1.807) is 12.1 Å². The van der Waals surface area contributed by atoms with Crippen molar-refractivity contribution in [3.8, 4) is 0 Å². The zero-order valence-corrected chi connectivity index (χ0v) is 15.5. The summed E-state index contributed by atoms with van der Waals surface area (Å²) < 4.78 is 5.03. The highest BCUT2D eigenvalue weighted by molar-refractivity contribution is 7.80. The van der Waals surface area contributed by atoms with Gasteiger partial charge in [-0.15, -0.1) is 0 Å². The number of rotatable bonds is 3. The first kappa shape index (κ1) is 17.8. The molecule has 2 heterocycles. The highest BCUT2D eigenvalue weighted by Crippen LogP contribution is 2.31. The highest BCUT2D eigenvalue weighted by Gasteiger charge is 2.18. The van der Waals surface area contributed by atoms with E-state index in [1.807, 2.05) is 18.2 Å². The van der Waals surface area contributed by atoms with Crippen LogP contribution < -0.4 is 15.5 Å². The summed E-state index contributed by atoms with van der Waals surface area (Å²) in [6.07, 6.45) is 3.80. The van der Waals surface area contributed by atoms with E-state index in [2.05, 4.69) is 22.5 Å². The zero-order chi connectivity index (χ0) is 17.8. The van der Waals surface area contributed by atoms with E-state index in [0.29, 0.717) is 5.02 Å². The third kappa shape index (κ3) is 4.52. The highest BCUT2D eigenvalue weighted by atomic mass is 35.5. The average Bonchev–Trinajstić information content (AvgIpc) is 3.10. The van der Waals surface area contributed by atoms with Crippen molar-refractivity contribution in [2.45, 2.75) is 19.8 Å². The van der Waals surface area contributed by atoms with Crippen molar-refractivity contribution in [3.63, 3.8) is 0 Å². The summed E-state index contributed by atoms with van der Waals surface area (Å²) in [7, 11) is 0. The molecule has 0 bridgehead atoms. The molecule has 0 aliphatic carbocycles. The van der Waals surface area contributed by atoms with Crippen LogP contribution in [-0.2, 0) is 0 Å². The van der Waals surface area contributed by atoms with Crippen LogP contribution in [0.15, 0.2) is 41.0 Å². The maximum Gasteiger partial charge on any atom is 0.293 e. The molecule has 1 aliphatic heterocycles. The molecule has 25 heavy (non-hydrogen) atoms. The predicted octanol–water partition coefficient (Wildman–Crippen LogP) is 4.30. The summed E-state index contributed by atoms with van der Waals surface area (Å²) in [5.41, 5.74) is 1.76. The van der Waals surface area contributed by atoms with Crippen LogP contribution in [0.3, 0.4) is 0 Å². The molecule has 0 unspecified atom stereocenters. The largest absolute Gasteiger partial charge is 0.459 e. The lowest BCUT2D eigenvalue weighted by Gasteiger charge is -2.32. The number of piperidine rings is 1. The van der Waals surface area contributed by atoms with Gasteiger partial charge in [0.05, 0.1) is 17.0 Å². The van der Waals surface area contributed by atoms with Crippen molar-refractivity contribution in [1.82, 2.24) is 5.32 Å². The molecule has 1 fully saturated rings. The van der Waals surface area contributed by atoms with Crippen LogP contribution in [0.4, 0.5) is 11.4 Å². The Morgan fingerprint density at radius 1 is 1.32 bits per heavy atom. The van der Waals surface area contributed by atoms with Gasteiger partial charge in [-0.05, 0) is 61.3 Å². The van der Waals surface area contributed by atoms with Gasteiger partial charge in [0, 0.05) is 18.8 Å². The zero-order valence-electron chi connectivity index (χ0n) is 13.9. The normalized spacial score (nSPS) is 15.0. The number of hydrogen-bond acceptors (Lipinski definition) is 4. The Morgan fingerprint density at radius 3 is 2.72 bits per heavy atom. The Hall–Kier alpha value is -2.05. The minimum absolute atomic E-state index is 0.192. The minimum atomic E-state index is -0.396. The lowest BCUT2D eigenvalue weighted by molar-refractivity contribution is 0.0950. The molecule has 2 N–H and O–H groups in total.